The molecular weight excluding hydrogens is 199 g/mol. The lowest BCUT2D eigenvalue weighted by molar-refractivity contribution is -0.136. The van der Waals surface area contributed by atoms with E-state index in [9.17, 15) is 4.79 Å². The van der Waals surface area contributed by atoms with E-state index >= 15 is 0 Å². The number of alkyl halides is 1. The van der Waals surface area contributed by atoms with Gasteiger partial charge >= 0.3 is 5.97 Å². The molecule has 1 aromatic carbocycles. The van der Waals surface area contributed by atoms with E-state index in [0.717, 1.165) is 0 Å². The van der Waals surface area contributed by atoms with Gasteiger partial charge in [0.15, 0.2) is 5.38 Å². The number of rotatable bonds is 2. The summed E-state index contributed by atoms with van der Waals surface area (Å²) in [5.41, 5.74) is 0.424. The topological polar surface area (TPSA) is 37.3 Å². The van der Waals surface area contributed by atoms with Gasteiger partial charge in [-0.25, -0.2) is 0 Å². The van der Waals surface area contributed by atoms with Crippen LogP contribution < -0.4 is 0 Å². The Bertz CT molecular complexity index is 299. The standard InChI is InChI=1S/C8H6Cl2O2/c9-6-4-2-1-3-5(6)7(10)8(11)12/h1-4,7H,(H,11,12)/t7-/m0/s1. The Balaban J connectivity index is 3.02. The van der Waals surface area contributed by atoms with Crippen molar-refractivity contribution in [1.82, 2.24) is 0 Å². The lowest BCUT2D eigenvalue weighted by Gasteiger charge is -2.05. The summed E-state index contributed by atoms with van der Waals surface area (Å²) in [5.74, 6) is -1.09. The Morgan fingerprint density at radius 2 is 2.00 bits per heavy atom. The van der Waals surface area contributed by atoms with Gasteiger partial charge in [0.05, 0.1) is 0 Å². The van der Waals surface area contributed by atoms with Gasteiger partial charge in [-0.2, -0.15) is 0 Å². The molecule has 2 nitrogen and oxygen atoms in total. The molecule has 0 aromatic heterocycles. The summed E-state index contributed by atoms with van der Waals surface area (Å²) < 4.78 is 0. The molecule has 12 heavy (non-hydrogen) atoms. The van der Waals surface area contributed by atoms with Gasteiger partial charge in [0.25, 0.3) is 0 Å². The van der Waals surface area contributed by atoms with E-state index in [1.165, 1.54) is 0 Å². The van der Waals surface area contributed by atoms with Gasteiger partial charge in [0.2, 0.25) is 0 Å². The maximum absolute atomic E-state index is 10.5. The van der Waals surface area contributed by atoms with Gasteiger partial charge in [0, 0.05) is 5.02 Å². The van der Waals surface area contributed by atoms with E-state index in [2.05, 4.69) is 0 Å². The fourth-order valence-corrected chi connectivity index (χ4v) is 1.30. The van der Waals surface area contributed by atoms with Crippen molar-refractivity contribution in [1.29, 1.82) is 0 Å². The molecule has 0 unspecified atom stereocenters. The molecule has 64 valence electrons. The van der Waals surface area contributed by atoms with Crippen LogP contribution in [0.1, 0.15) is 10.9 Å². The lowest BCUT2D eigenvalue weighted by Crippen LogP contribution is -2.05. The van der Waals surface area contributed by atoms with E-state index in [1.807, 2.05) is 0 Å². The lowest BCUT2D eigenvalue weighted by atomic mass is 10.1. The van der Waals surface area contributed by atoms with Crippen LogP contribution in [0.2, 0.25) is 5.02 Å². The Kier molecular flexibility index (Phi) is 2.95. The summed E-state index contributed by atoms with van der Waals surface area (Å²) in [4.78, 5) is 10.5. The number of aliphatic carboxylic acids is 1. The molecule has 0 fully saturated rings. The zero-order valence-electron chi connectivity index (χ0n) is 6.00. The fraction of sp³-hybridized carbons (Fsp3) is 0.125. The van der Waals surface area contributed by atoms with Crippen molar-refractivity contribution in [2.75, 3.05) is 0 Å². The molecule has 1 N–H and O–H groups in total. The second kappa shape index (κ2) is 3.78. The summed E-state index contributed by atoms with van der Waals surface area (Å²) >= 11 is 11.3. The number of hydrogen-bond donors (Lipinski definition) is 1. The van der Waals surface area contributed by atoms with Crippen LogP contribution in [-0.2, 0) is 4.79 Å². The molecular formula is C8H6Cl2O2. The first-order chi connectivity index (χ1) is 5.63. The Morgan fingerprint density at radius 3 is 2.50 bits per heavy atom. The van der Waals surface area contributed by atoms with Crippen LogP contribution in [0.3, 0.4) is 0 Å². The summed E-state index contributed by atoms with van der Waals surface area (Å²) in [6, 6.07) is 6.61. The highest BCUT2D eigenvalue weighted by atomic mass is 35.5. The summed E-state index contributed by atoms with van der Waals surface area (Å²) in [5, 5.41) is 7.87. The Morgan fingerprint density at radius 1 is 1.42 bits per heavy atom. The number of halogens is 2. The van der Waals surface area contributed by atoms with Gasteiger partial charge in [0.1, 0.15) is 0 Å². The maximum Gasteiger partial charge on any atom is 0.326 e. The van der Waals surface area contributed by atoms with Crippen molar-refractivity contribution in [3.8, 4) is 0 Å². The van der Waals surface area contributed by atoms with Crippen molar-refractivity contribution in [3.05, 3.63) is 34.9 Å². The average Bonchev–Trinajstić information content (AvgIpc) is 2.04. The highest BCUT2D eigenvalue weighted by Gasteiger charge is 2.18. The third-order valence-electron chi connectivity index (χ3n) is 1.40. The van der Waals surface area contributed by atoms with Gasteiger partial charge in [-0.05, 0) is 11.6 Å². The highest BCUT2D eigenvalue weighted by molar-refractivity contribution is 6.35. The number of carboxylic acid groups (broad SMARTS) is 1. The molecule has 4 heteroatoms. The molecule has 0 radical (unpaired) electrons. The molecule has 0 heterocycles. The smallest absolute Gasteiger partial charge is 0.326 e. The first kappa shape index (κ1) is 9.36. The number of carboxylic acids is 1. The van der Waals surface area contributed by atoms with Crippen molar-refractivity contribution in [2.45, 2.75) is 5.38 Å². The zero-order valence-corrected chi connectivity index (χ0v) is 7.51. The van der Waals surface area contributed by atoms with Crippen LogP contribution in [0.15, 0.2) is 24.3 Å². The second-order valence-corrected chi connectivity index (χ2v) is 3.07. The van der Waals surface area contributed by atoms with Crippen LogP contribution in [-0.4, -0.2) is 11.1 Å². The maximum atomic E-state index is 10.5. The zero-order chi connectivity index (χ0) is 9.14. The molecule has 0 amide bonds. The molecule has 0 bridgehead atoms. The monoisotopic (exact) mass is 204 g/mol. The van der Waals surface area contributed by atoms with Crippen molar-refractivity contribution < 1.29 is 9.90 Å². The fourth-order valence-electron chi connectivity index (χ4n) is 0.814. The van der Waals surface area contributed by atoms with E-state index in [4.69, 9.17) is 28.3 Å². The molecule has 0 aliphatic rings. The van der Waals surface area contributed by atoms with Gasteiger partial charge < -0.3 is 5.11 Å². The third-order valence-corrected chi connectivity index (χ3v) is 2.16. The van der Waals surface area contributed by atoms with Crippen LogP contribution >= 0.6 is 23.2 Å². The number of benzene rings is 1. The minimum atomic E-state index is -1.09. The SMILES string of the molecule is O=C(O)[C@@H](Cl)c1ccccc1Cl. The van der Waals surface area contributed by atoms with E-state index in [0.29, 0.717) is 10.6 Å². The average molecular weight is 205 g/mol. The summed E-state index contributed by atoms with van der Waals surface area (Å²) in [6.45, 7) is 0. The van der Waals surface area contributed by atoms with Crippen molar-refractivity contribution >= 4 is 29.2 Å². The van der Waals surface area contributed by atoms with Gasteiger partial charge in [-0.15, -0.1) is 11.6 Å². The predicted molar refractivity (Wildman–Crippen MR) is 47.7 cm³/mol. The van der Waals surface area contributed by atoms with Crippen LogP contribution in [0.4, 0.5) is 0 Å². The highest BCUT2D eigenvalue weighted by Crippen LogP contribution is 2.27. The van der Waals surface area contributed by atoms with E-state index in [-0.39, 0.29) is 0 Å². The molecule has 0 spiro atoms. The Hall–Kier alpha value is -0.730. The minimum Gasteiger partial charge on any atom is -0.480 e. The molecule has 0 aliphatic heterocycles. The van der Waals surface area contributed by atoms with E-state index in [1.54, 1.807) is 24.3 Å². The molecule has 1 atom stereocenters. The van der Waals surface area contributed by atoms with E-state index < -0.39 is 11.3 Å². The third kappa shape index (κ3) is 1.90. The molecule has 0 saturated heterocycles. The summed E-state index contributed by atoms with van der Waals surface area (Å²) in [7, 11) is 0. The molecule has 0 aliphatic carbocycles. The van der Waals surface area contributed by atoms with Gasteiger partial charge in [-0.1, -0.05) is 29.8 Å². The molecule has 0 saturated carbocycles. The van der Waals surface area contributed by atoms with Crippen LogP contribution in [0, 0.1) is 0 Å². The quantitative estimate of drug-likeness (QED) is 0.753. The summed E-state index contributed by atoms with van der Waals surface area (Å²) in [6.07, 6.45) is 0. The predicted octanol–water partition coefficient (Wildman–Crippen LogP) is 2.70. The first-order valence-electron chi connectivity index (χ1n) is 3.24. The molecule has 1 aromatic rings. The number of carbonyl (C=O) groups is 1. The van der Waals surface area contributed by atoms with Crippen LogP contribution in [0.25, 0.3) is 0 Å². The first-order valence-corrected chi connectivity index (χ1v) is 4.05. The minimum absolute atomic E-state index is 0.375. The Labute approximate surface area is 79.7 Å². The largest absolute Gasteiger partial charge is 0.480 e. The van der Waals surface area contributed by atoms with Gasteiger partial charge in [-0.3, -0.25) is 4.79 Å². The van der Waals surface area contributed by atoms with Crippen molar-refractivity contribution in [3.63, 3.8) is 0 Å². The van der Waals surface area contributed by atoms with Crippen LogP contribution in [0.5, 0.6) is 0 Å². The normalized spacial score (nSPS) is 12.5. The second-order valence-electron chi connectivity index (χ2n) is 2.22. The van der Waals surface area contributed by atoms with Crippen molar-refractivity contribution in [2.24, 2.45) is 0 Å². The number of hydrogen-bond acceptors (Lipinski definition) is 1. The molecule has 1 rings (SSSR count).